The number of hydrogen-bond acceptors (Lipinski definition) is 8. The lowest BCUT2D eigenvalue weighted by molar-refractivity contribution is -0.138. The third kappa shape index (κ3) is 7.67. The van der Waals surface area contributed by atoms with Crippen molar-refractivity contribution in [2.75, 3.05) is 11.1 Å². The van der Waals surface area contributed by atoms with Gasteiger partial charge < -0.3 is 26.4 Å². The highest BCUT2D eigenvalue weighted by Crippen LogP contribution is 2.34. The Morgan fingerprint density at radius 3 is 2.80 bits per heavy atom. The largest absolute Gasteiger partial charge is 0.419 e. The number of carbonyl (C=O) groups excluding carboxylic acids is 3. The summed E-state index contributed by atoms with van der Waals surface area (Å²) in [7, 11) is 0. The van der Waals surface area contributed by atoms with Gasteiger partial charge in [-0.3, -0.25) is 14.3 Å². The molecule has 0 saturated carbocycles. The third-order valence-corrected chi connectivity index (χ3v) is 8.28. The van der Waals surface area contributed by atoms with Gasteiger partial charge in [-0.15, -0.1) is 0 Å². The van der Waals surface area contributed by atoms with Crippen LogP contribution in [0.2, 0.25) is 0 Å². The molecule has 2 saturated heterocycles. The molecule has 2 aromatic heterocycles. The van der Waals surface area contributed by atoms with E-state index in [1.165, 1.54) is 30.1 Å². The van der Waals surface area contributed by atoms with E-state index in [0.717, 1.165) is 24.8 Å². The van der Waals surface area contributed by atoms with Gasteiger partial charge in [-0.05, 0) is 25.8 Å². The molecule has 2 fully saturated rings. The molecule has 4 atom stereocenters. The number of fused-ring (bicyclic) bond motifs is 1. The zero-order chi connectivity index (χ0) is 29.8. The summed E-state index contributed by atoms with van der Waals surface area (Å²) in [5.74, 6) is -0.244. The molecule has 2 aliphatic rings. The molecule has 12 nitrogen and oxygen atoms in total. The second-order valence-electron chi connectivity index (χ2n) is 10.1. The number of anilines is 1. The molecule has 2 unspecified atom stereocenters. The van der Waals surface area contributed by atoms with Crippen molar-refractivity contribution in [3.8, 4) is 6.07 Å². The zero-order valence-electron chi connectivity index (χ0n) is 22.0. The van der Waals surface area contributed by atoms with Crippen molar-refractivity contribution in [1.82, 2.24) is 30.7 Å². The Morgan fingerprint density at radius 2 is 2.07 bits per heavy atom. The number of rotatable bonds is 11. The summed E-state index contributed by atoms with van der Waals surface area (Å²) < 4.78 is 40.8. The lowest BCUT2D eigenvalue weighted by Gasteiger charge is -2.22. The Balaban J connectivity index is 1.20. The second kappa shape index (κ2) is 12.4. The first kappa shape index (κ1) is 30.1. The van der Waals surface area contributed by atoms with E-state index in [4.69, 9.17) is 5.26 Å². The Labute approximate surface area is 237 Å². The van der Waals surface area contributed by atoms with Crippen LogP contribution in [0.25, 0.3) is 0 Å². The highest BCUT2D eigenvalue weighted by molar-refractivity contribution is 8.00. The molecule has 5 N–H and O–H groups in total. The quantitative estimate of drug-likeness (QED) is 0.194. The lowest BCUT2D eigenvalue weighted by Crippen LogP contribution is -2.43. The summed E-state index contributed by atoms with van der Waals surface area (Å²) in [6.07, 6.45) is 1.86. The number of amides is 4. The number of alkyl halides is 3. The average molecular weight is 595 g/mol. The summed E-state index contributed by atoms with van der Waals surface area (Å²) in [5.41, 5.74) is -3.91. The number of nitriles is 1. The summed E-state index contributed by atoms with van der Waals surface area (Å²) in [6, 6.07) is 2.11. The number of thioether (sulfide) groups is 1. The van der Waals surface area contributed by atoms with Crippen LogP contribution in [0.4, 0.5) is 23.7 Å². The Hall–Kier alpha value is -3.84. The molecule has 2 aromatic rings. The van der Waals surface area contributed by atoms with Crippen molar-refractivity contribution in [2.24, 2.45) is 0 Å². The average Bonchev–Trinajstić information content (AvgIpc) is 3.61. The monoisotopic (exact) mass is 594 g/mol. The molecule has 0 aromatic carbocycles. The number of unbranched alkanes of at least 4 members (excludes halogenated alkanes) is 1. The maximum Gasteiger partial charge on any atom is 0.419 e. The van der Waals surface area contributed by atoms with Gasteiger partial charge in [-0.25, -0.2) is 9.78 Å². The smallest absolute Gasteiger partial charge is 0.378 e. The predicted octanol–water partition coefficient (Wildman–Crippen LogP) is 1.90. The van der Waals surface area contributed by atoms with Gasteiger partial charge in [-0.1, -0.05) is 6.42 Å². The maximum atomic E-state index is 13.2. The van der Waals surface area contributed by atoms with E-state index in [2.05, 4.69) is 31.3 Å². The van der Waals surface area contributed by atoms with E-state index in [0.29, 0.717) is 29.7 Å². The molecule has 220 valence electrons. The number of hydrogen-bond donors (Lipinski definition) is 5. The fraction of sp³-hybridized carbons (Fsp3) is 0.520. The highest BCUT2D eigenvalue weighted by Gasteiger charge is 2.42. The number of aromatic nitrogens is 3. The van der Waals surface area contributed by atoms with Gasteiger partial charge in [0.05, 0.1) is 42.3 Å². The first-order valence-corrected chi connectivity index (χ1v) is 13.9. The van der Waals surface area contributed by atoms with E-state index in [9.17, 15) is 32.7 Å². The van der Waals surface area contributed by atoms with Crippen molar-refractivity contribution in [1.29, 1.82) is 5.26 Å². The summed E-state index contributed by atoms with van der Waals surface area (Å²) in [6.45, 7) is 1.04. The third-order valence-electron chi connectivity index (χ3n) is 6.77. The van der Waals surface area contributed by atoms with Crippen LogP contribution in [0.5, 0.6) is 0 Å². The van der Waals surface area contributed by atoms with Crippen LogP contribution in [-0.4, -0.2) is 66.4 Å². The molecule has 16 heteroatoms. The topological polar surface area (TPSA) is 174 Å². The molecule has 4 heterocycles. The van der Waals surface area contributed by atoms with Crippen LogP contribution < -0.4 is 21.3 Å². The second-order valence-corrected chi connectivity index (χ2v) is 11.4. The van der Waals surface area contributed by atoms with Gasteiger partial charge in [0.2, 0.25) is 5.91 Å². The molecule has 0 aliphatic carbocycles. The first-order valence-electron chi connectivity index (χ1n) is 12.8. The van der Waals surface area contributed by atoms with Crippen LogP contribution >= 0.6 is 11.8 Å². The molecule has 0 spiro atoms. The molecule has 4 amide bonds. The Morgan fingerprint density at radius 1 is 1.29 bits per heavy atom. The number of carbonyl (C=O) groups is 3. The number of urea groups is 1. The van der Waals surface area contributed by atoms with Crippen LogP contribution in [0.3, 0.4) is 0 Å². The molecule has 2 aliphatic heterocycles. The predicted molar refractivity (Wildman–Crippen MR) is 141 cm³/mol. The van der Waals surface area contributed by atoms with Crippen LogP contribution in [-0.2, 0) is 28.9 Å². The number of aliphatic hydroxyl groups is 1. The minimum atomic E-state index is -4.85. The summed E-state index contributed by atoms with van der Waals surface area (Å²) >= 11 is 1.83. The summed E-state index contributed by atoms with van der Waals surface area (Å²) in [5, 5.41) is 34.8. The van der Waals surface area contributed by atoms with Crippen LogP contribution in [0.1, 0.15) is 49.4 Å². The standard InChI is InChI=1S/C25H29F3N8O4S/c1-24(40,22(38)33-15-6-16(25(26,27)28)17(7-29)30-10-15)13-36-11-14(9-32-36)8-31-20(37)5-3-2-4-19-21-18(12-41-19)34-23(39)35-21/h6,9-11,18-19,21,40H,2-5,8,12-13H2,1H3,(H,31,37)(H,33,38)(H2,34,35,39)/t18?,19-,21?,24+/m1/s1. The first-order chi connectivity index (χ1) is 19.4. The fourth-order valence-corrected chi connectivity index (χ4v) is 6.18. The molecular formula is C25H29F3N8O4S. The summed E-state index contributed by atoms with van der Waals surface area (Å²) in [4.78, 5) is 39.8. The minimum absolute atomic E-state index is 0.122. The van der Waals surface area contributed by atoms with Gasteiger partial charge in [0.1, 0.15) is 6.07 Å². The van der Waals surface area contributed by atoms with Gasteiger partial charge >= 0.3 is 12.2 Å². The molecule has 0 radical (unpaired) electrons. The van der Waals surface area contributed by atoms with Crippen molar-refractivity contribution in [3.63, 3.8) is 0 Å². The van der Waals surface area contributed by atoms with Crippen molar-refractivity contribution >= 4 is 35.3 Å². The van der Waals surface area contributed by atoms with E-state index in [-0.39, 0.29) is 42.8 Å². The highest BCUT2D eigenvalue weighted by atomic mass is 32.2. The van der Waals surface area contributed by atoms with Gasteiger partial charge in [0.25, 0.3) is 5.91 Å². The van der Waals surface area contributed by atoms with Crippen molar-refractivity contribution in [3.05, 3.63) is 41.5 Å². The van der Waals surface area contributed by atoms with E-state index in [1.807, 2.05) is 11.8 Å². The Kier molecular flexibility index (Phi) is 9.08. The van der Waals surface area contributed by atoms with Crippen LogP contribution in [0.15, 0.2) is 24.7 Å². The van der Waals surface area contributed by atoms with E-state index < -0.39 is 28.9 Å². The van der Waals surface area contributed by atoms with Crippen molar-refractivity contribution in [2.45, 2.75) is 74.8 Å². The normalized spacial score (nSPS) is 21.3. The van der Waals surface area contributed by atoms with Gasteiger partial charge in [0.15, 0.2) is 11.3 Å². The van der Waals surface area contributed by atoms with Gasteiger partial charge in [-0.2, -0.15) is 35.3 Å². The SMILES string of the molecule is C[C@](O)(Cn1cc(CNC(=O)CCCC[C@H]2SCC3NC(=O)NC32)cn1)C(=O)Nc1cnc(C#N)c(C(F)(F)F)c1. The zero-order valence-corrected chi connectivity index (χ0v) is 22.8. The number of nitrogens with one attached hydrogen (secondary N) is 4. The Bertz CT molecular complexity index is 1340. The lowest BCUT2D eigenvalue weighted by atomic mass is 10.0. The number of pyridine rings is 1. The number of halogens is 3. The number of nitrogens with zero attached hydrogens (tertiary/aromatic N) is 4. The van der Waals surface area contributed by atoms with E-state index >= 15 is 0 Å². The fourth-order valence-electron chi connectivity index (χ4n) is 4.64. The molecule has 41 heavy (non-hydrogen) atoms. The molecular weight excluding hydrogens is 565 g/mol. The molecule has 0 bridgehead atoms. The molecule has 4 rings (SSSR count). The van der Waals surface area contributed by atoms with Crippen LogP contribution in [0, 0.1) is 11.3 Å². The minimum Gasteiger partial charge on any atom is -0.378 e. The van der Waals surface area contributed by atoms with Gasteiger partial charge in [0, 0.05) is 35.7 Å². The van der Waals surface area contributed by atoms with Crippen molar-refractivity contribution < 1.29 is 32.7 Å². The maximum absolute atomic E-state index is 13.2. The van der Waals surface area contributed by atoms with E-state index in [1.54, 1.807) is 0 Å².